The van der Waals surface area contributed by atoms with Gasteiger partial charge in [-0.05, 0) is 71.9 Å². The molecule has 0 bridgehead atoms. The molecule has 0 spiro atoms. The van der Waals surface area contributed by atoms with Crippen LogP contribution >= 0.6 is 0 Å². The monoisotopic (exact) mass is 476 g/mol. The number of phenolic OH excluding ortho intramolecular Hbond substituents is 2. The van der Waals surface area contributed by atoms with E-state index in [4.69, 9.17) is 0 Å². The molecule has 2 unspecified atom stereocenters. The van der Waals surface area contributed by atoms with Crippen molar-refractivity contribution in [2.24, 2.45) is 11.8 Å². The Morgan fingerprint density at radius 3 is 1.49 bits per heavy atom. The zero-order valence-electron chi connectivity index (χ0n) is 22.7. The molecule has 2 aromatic rings. The summed E-state index contributed by atoms with van der Waals surface area (Å²) >= 11 is 0. The highest BCUT2D eigenvalue weighted by Crippen LogP contribution is 2.45. The molecule has 192 valence electrons. The van der Waals surface area contributed by atoms with Gasteiger partial charge in [-0.1, -0.05) is 103 Å². The minimum Gasteiger partial charge on any atom is -0.508 e. The fraction of sp³-hybridized carbons (Fsp3) is 0.515. The van der Waals surface area contributed by atoms with E-state index in [2.05, 4.69) is 65.1 Å². The molecule has 0 aliphatic carbocycles. The van der Waals surface area contributed by atoms with Gasteiger partial charge < -0.3 is 10.2 Å². The van der Waals surface area contributed by atoms with Crippen molar-refractivity contribution in [2.45, 2.75) is 97.3 Å². The van der Waals surface area contributed by atoms with Crippen LogP contribution in [0.4, 0.5) is 0 Å². The number of allylic oxidation sites excluding steroid dienone is 2. The molecule has 2 rings (SSSR count). The summed E-state index contributed by atoms with van der Waals surface area (Å²) < 4.78 is 0. The second kappa shape index (κ2) is 14.2. The van der Waals surface area contributed by atoms with E-state index in [9.17, 15) is 10.2 Å². The zero-order valence-corrected chi connectivity index (χ0v) is 22.7. The van der Waals surface area contributed by atoms with Gasteiger partial charge in [-0.2, -0.15) is 0 Å². The topological polar surface area (TPSA) is 40.5 Å². The summed E-state index contributed by atoms with van der Waals surface area (Å²) in [7, 11) is 0. The minimum absolute atomic E-state index is 0.172. The molecule has 2 aromatic carbocycles. The first kappa shape index (κ1) is 28.8. The van der Waals surface area contributed by atoms with Gasteiger partial charge in [0, 0.05) is 5.41 Å². The second-order valence-electron chi connectivity index (χ2n) is 10.6. The SMILES string of the molecule is C=CCc1cc(C(CCCC(C)CC)(CCCC(C)CC)c2ccc(O)c(CC=C)c2)ccc1O. The zero-order chi connectivity index (χ0) is 25.8. The predicted molar refractivity (Wildman–Crippen MR) is 151 cm³/mol. The van der Waals surface area contributed by atoms with Crippen LogP contribution in [0.1, 0.15) is 101 Å². The van der Waals surface area contributed by atoms with Gasteiger partial charge in [0.05, 0.1) is 0 Å². The van der Waals surface area contributed by atoms with Crippen molar-refractivity contribution < 1.29 is 10.2 Å². The van der Waals surface area contributed by atoms with Gasteiger partial charge in [-0.3, -0.25) is 0 Å². The van der Waals surface area contributed by atoms with Crippen LogP contribution in [0.2, 0.25) is 0 Å². The van der Waals surface area contributed by atoms with Gasteiger partial charge in [-0.25, -0.2) is 0 Å². The lowest BCUT2D eigenvalue weighted by molar-refractivity contribution is 0.358. The average molecular weight is 477 g/mol. The van der Waals surface area contributed by atoms with Crippen LogP contribution in [-0.4, -0.2) is 10.2 Å². The maximum atomic E-state index is 10.5. The third-order valence-electron chi connectivity index (χ3n) is 7.99. The van der Waals surface area contributed by atoms with E-state index in [-0.39, 0.29) is 5.41 Å². The predicted octanol–water partition coefficient (Wildman–Crippen LogP) is 9.27. The van der Waals surface area contributed by atoms with Gasteiger partial charge in [-0.15, -0.1) is 13.2 Å². The van der Waals surface area contributed by atoms with Gasteiger partial charge in [0.1, 0.15) is 11.5 Å². The Bertz CT molecular complexity index is 865. The Kier molecular flexibility index (Phi) is 11.6. The van der Waals surface area contributed by atoms with Crippen molar-refractivity contribution in [1.29, 1.82) is 0 Å². The Morgan fingerprint density at radius 2 is 1.14 bits per heavy atom. The fourth-order valence-corrected chi connectivity index (χ4v) is 5.19. The molecule has 2 N–H and O–H groups in total. The molecule has 0 heterocycles. The Labute approximate surface area is 214 Å². The van der Waals surface area contributed by atoms with Crippen LogP contribution < -0.4 is 0 Å². The molecule has 0 radical (unpaired) electrons. The van der Waals surface area contributed by atoms with E-state index in [0.29, 0.717) is 36.2 Å². The molecule has 0 amide bonds. The van der Waals surface area contributed by atoms with Crippen molar-refractivity contribution in [3.63, 3.8) is 0 Å². The summed E-state index contributed by atoms with van der Waals surface area (Å²) in [5.41, 5.74) is 4.20. The Hall–Kier alpha value is -2.48. The van der Waals surface area contributed by atoms with Crippen LogP contribution in [0.15, 0.2) is 61.7 Å². The molecular formula is C33H48O2. The second-order valence-corrected chi connectivity index (χ2v) is 10.6. The highest BCUT2D eigenvalue weighted by atomic mass is 16.3. The lowest BCUT2D eigenvalue weighted by Crippen LogP contribution is -2.29. The van der Waals surface area contributed by atoms with E-state index >= 15 is 0 Å². The number of hydrogen-bond acceptors (Lipinski definition) is 2. The van der Waals surface area contributed by atoms with Crippen molar-refractivity contribution in [2.75, 3.05) is 0 Å². The largest absolute Gasteiger partial charge is 0.508 e. The molecule has 0 aliphatic heterocycles. The van der Waals surface area contributed by atoms with Gasteiger partial charge >= 0.3 is 0 Å². The lowest BCUT2D eigenvalue weighted by Gasteiger charge is -2.37. The van der Waals surface area contributed by atoms with Crippen molar-refractivity contribution in [3.8, 4) is 11.5 Å². The molecule has 0 saturated carbocycles. The summed E-state index contributed by atoms with van der Waals surface area (Å²) in [6, 6.07) is 12.4. The molecule has 0 aliphatic rings. The third-order valence-corrected chi connectivity index (χ3v) is 7.99. The first-order valence-corrected chi connectivity index (χ1v) is 13.7. The van der Waals surface area contributed by atoms with Crippen LogP contribution in [0.5, 0.6) is 11.5 Å². The van der Waals surface area contributed by atoms with Gasteiger partial charge in [0.2, 0.25) is 0 Å². The van der Waals surface area contributed by atoms with Gasteiger partial charge in [0.15, 0.2) is 0 Å². The van der Waals surface area contributed by atoms with Crippen LogP contribution in [0.25, 0.3) is 0 Å². The molecule has 35 heavy (non-hydrogen) atoms. The molecule has 0 aromatic heterocycles. The Balaban J connectivity index is 2.66. The molecule has 2 heteroatoms. The van der Waals surface area contributed by atoms with Crippen molar-refractivity contribution in [3.05, 3.63) is 84.0 Å². The molecule has 0 saturated heterocycles. The fourth-order valence-electron chi connectivity index (χ4n) is 5.19. The maximum absolute atomic E-state index is 10.5. The number of phenols is 2. The standard InChI is InChI=1S/C33H48O2/c1-7-13-27-23-29(17-19-31(27)34)33(21-11-15-25(5)9-3,22-12-16-26(6)10-4)30-18-20-32(35)28(24-30)14-8-2/h7-8,17-20,23-26,34-35H,1-2,9-16,21-22H2,3-6H3. The summed E-state index contributed by atoms with van der Waals surface area (Å²) in [6.07, 6.45) is 14.2. The van der Waals surface area contributed by atoms with Crippen LogP contribution in [-0.2, 0) is 18.3 Å². The highest BCUT2D eigenvalue weighted by molar-refractivity contribution is 5.49. The molecule has 0 fully saturated rings. The molecule has 2 nitrogen and oxygen atoms in total. The van der Waals surface area contributed by atoms with Crippen LogP contribution in [0.3, 0.4) is 0 Å². The number of benzene rings is 2. The third kappa shape index (κ3) is 7.75. The van der Waals surface area contributed by atoms with E-state index in [1.165, 1.54) is 36.8 Å². The highest BCUT2D eigenvalue weighted by Gasteiger charge is 2.34. The summed E-state index contributed by atoms with van der Waals surface area (Å²) in [4.78, 5) is 0. The molecular weight excluding hydrogens is 428 g/mol. The lowest BCUT2D eigenvalue weighted by atomic mass is 9.66. The van der Waals surface area contributed by atoms with E-state index < -0.39 is 0 Å². The van der Waals surface area contributed by atoms with E-state index in [1.807, 2.05) is 24.3 Å². The van der Waals surface area contributed by atoms with Crippen molar-refractivity contribution in [1.82, 2.24) is 0 Å². The number of rotatable bonds is 16. The number of aromatic hydroxyl groups is 2. The average Bonchev–Trinajstić information content (AvgIpc) is 2.85. The van der Waals surface area contributed by atoms with Gasteiger partial charge in [0.25, 0.3) is 0 Å². The van der Waals surface area contributed by atoms with Crippen LogP contribution in [0, 0.1) is 11.8 Å². The normalized spacial score (nSPS) is 13.4. The maximum Gasteiger partial charge on any atom is 0.119 e. The minimum atomic E-state index is -0.172. The summed E-state index contributed by atoms with van der Waals surface area (Å²) in [5, 5.41) is 21.0. The first-order chi connectivity index (χ1) is 16.8. The molecule has 2 atom stereocenters. The van der Waals surface area contributed by atoms with E-state index in [1.54, 1.807) is 0 Å². The quantitative estimate of drug-likeness (QED) is 0.237. The van der Waals surface area contributed by atoms with E-state index in [0.717, 1.165) is 36.8 Å². The Morgan fingerprint density at radius 1 is 0.743 bits per heavy atom. The first-order valence-electron chi connectivity index (χ1n) is 13.7. The summed E-state index contributed by atoms with van der Waals surface area (Å²) in [5.74, 6) is 2.08. The van der Waals surface area contributed by atoms with Crippen molar-refractivity contribution >= 4 is 0 Å². The smallest absolute Gasteiger partial charge is 0.119 e. The summed E-state index contributed by atoms with van der Waals surface area (Å²) in [6.45, 7) is 17.0. The number of hydrogen-bond donors (Lipinski definition) is 2.